The van der Waals surface area contributed by atoms with Crippen LogP contribution < -0.4 is 5.73 Å². The molecule has 1 rings (SSSR count). The Labute approximate surface area is 79.2 Å². The van der Waals surface area contributed by atoms with Crippen LogP contribution in [0.3, 0.4) is 0 Å². The molecule has 2 atom stereocenters. The van der Waals surface area contributed by atoms with Crippen LogP contribution in [-0.2, 0) is 10.8 Å². The molecule has 2 unspecified atom stereocenters. The summed E-state index contributed by atoms with van der Waals surface area (Å²) in [4.78, 5) is 0. The van der Waals surface area contributed by atoms with Crippen molar-refractivity contribution in [2.24, 2.45) is 11.7 Å². The molecule has 4 heteroatoms. The van der Waals surface area contributed by atoms with E-state index in [0.717, 1.165) is 4.21 Å². The number of hydrogen-bond donors (Lipinski definition) is 1. The van der Waals surface area contributed by atoms with Gasteiger partial charge in [0.15, 0.2) is 0 Å². The van der Waals surface area contributed by atoms with E-state index in [1.54, 1.807) is 11.3 Å². The fourth-order valence-corrected chi connectivity index (χ4v) is 3.10. The van der Waals surface area contributed by atoms with Crippen LogP contribution in [-0.4, -0.2) is 16.5 Å². The van der Waals surface area contributed by atoms with Crippen LogP contribution in [0.25, 0.3) is 0 Å². The molecule has 0 saturated carbocycles. The Kier molecular flexibility index (Phi) is 3.91. The lowest BCUT2D eigenvalue weighted by atomic mass is 10.2. The number of thiophene rings is 1. The quantitative estimate of drug-likeness (QED) is 0.805. The van der Waals surface area contributed by atoms with E-state index in [0.29, 0.717) is 18.2 Å². The lowest BCUT2D eigenvalue weighted by Gasteiger charge is -2.05. The van der Waals surface area contributed by atoms with E-state index in [2.05, 4.69) is 0 Å². The molecule has 2 N–H and O–H groups in total. The number of hydrogen-bond acceptors (Lipinski definition) is 3. The average molecular weight is 203 g/mol. The van der Waals surface area contributed by atoms with Gasteiger partial charge in [-0.3, -0.25) is 4.21 Å². The highest BCUT2D eigenvalue weighted by atomic mass is 32.2. The summed E-state index contributed by atoms with van der Waals surface area (Å²) in [6, 6.07) is 3.83. The molecule has 0 amide bonds. The van der Waals surface area contributed by atoms with Crippen molar-refractivity contribution in [3.05, 3.63) is 17.5 Å². The molecular formula is C8H13NOS2. The van der Waals surface area contributed by atoms with Crippen molar-refractivity contribution in [2.75, 3.05) is 12.3 Å². The van der Waals surface area contributed by atoms with E-state index < -0.39 is 10.8 Å². The Hall–Kier alpha value is -0.190. The Morgan fingerprint density at radius 2 is 2.50 bits per heavy atom. The normalized spacial score (nSPS) is 15.8. The highest BCUT2D eigenvalue weighted by molar-refractivity contribution is 7.87. The van der Waals surface area contributed by atoms with Crippen molar-refractivity contribution in [1.82, 2.24) is 0 Å². The molecule has 0 aliphatic heterocycles. The fraction of sp³-hybridized carbons (Fsp3) is 0.500. The predicted molar refractivity (Wildman–Crippen MR) is 53.8 cm³/mol. The van der Waals surface area contributed by atoms with Crippen molar-refractivity contribution in [3.63, 3.8) is 0 Å². The maximum absolute atomic E-state index is 11.5. The number of rotatable bonds is 4. The highest BCUT2D eigenvalue weighted by Gasteiger charge is 2.08. The third-order valence-corrected chi connectivity index (χ3v) is 4.52. The molecule has 1 aromatic rings. The van der Waals surface area contributed by atoms with Crippen LogP contribution in [0.5, 0.6) is 0 Å². The van der Waals surface area contributed by atoms with Crippen LogP contribution in [0.15, 0.2) is 21.7 Å². The lowest BCUT2D eigenvalue weighted by Crippen LogP contribution is -2.17. The van der Waals surface area contributed by atoms with Crippen molar-refractivity contribution >= 4 is 22.1 Å². The molecule has 0 radical (unpaired) electrons. The Morgan fingerprint density at radius 3 is 3.00 bits per heavy atom. The number of nitrogens with two attached hydrogens (primary N) is 1. The van der Waals surface area contributed by atoms with Gasteiger partial charge in [0, 0.05) is 5.75 Å². The van der Waals surface area contributed by atoms with Gasteiger partial charge >= 0.3 is 0 Å². The van der Waals surface area contributed by atoms with Crippen LogP contribution in [0.1, 0.15) is 6.92 Å². The lowest BCUT2D eigenvalue weighted by molar-refractivity contribution is 0.642. The summed E-state index contributed by atoms with van der Waals surface area (Å²) in [5.41, 5.74) is 5.44. The first-order valence-electron chi connectivity index (χ1n) is 3.86. The second-order valence-corrected chi connectivity index (χ2v) is 5.46. The fourth-order valence-electron chi connectivity index (χ4n) is 0.802. The smallest absolute Gasteiger partial charge is 0.0910 e. The SMILES string of the molecule is CC(CN)CS(=O)c1cccs1. The van der Waals surface area contributed by atoms with Crippen LogP contribution >= 0.6 is 11.3 Å². The second-order valence-electron chi connectivity index (χ2n) is 2.79. The predicted octanol–water partition coefficient (Wildman–Crippen LogP) is 1.45. The van der Waals surface area contributed by atoms with Gasteiger partial charge in [0.25, 0.3) is 0 Å². The average Bonchev–Trinajstić information content (AvgIpc) is 2.56. The van der Waals surface area contributed by atoms with Gasteiger partial charge in [-0.2, -0.15) is 0 Å². The summed E-state index contributed by atoms with van der Waals surface area (Å²) in [5.74, 6) is 1.02. The molecule has 0 aliphatic rings. The zero-order valence-electron chi connectivity index (χ0n) is 7.03. The summed E-state index contributed by atoms with van der Waals surface area (Å²) in [7, 11) is -0.844. The minimum atomic E-state index is -0.844. The van der Waals surface area contributed by atoms with Gasteiger partial charge < -0.3 is 5.73 Å². The third kappa shape index (κ3) is 2.69. The summed E-state index contributed by atoms with van der Waals surface area (Å²) in [6.07, 6.45) is 0. The van der Waals surface area contributed by atoms with E-state index in [4.69, 9.17) is 5.73 Å². The molecule has 2 nitrogen and oxygen atoms in total. The van der Waals surface area contributed by atoms with Crippen LogP contribution in [0, 0.1) is 5.92 Å². The minimum absolute atomic E-state index is 0.341. The second kappa shape index (κ2) is 4.74. The largest absolute Gasteiger partial charge is 0.330 e. The first-order chi connectivity index (χ1) is 5.74. The monoisotopic (exact) mass is 203 g/mol. The van der Waals surface area contributed by atoms with Gasteiger partial charge in [-0.1, -0.05) is 13.0 Å². The van der Waals surface area contributed by atoms with E-state index >= 15 is 0 Å². The molecule has 1 aromatic heterocycles. The Morgan fingerprint density at radius 1 is 1.75 bits per heavy atom. The summed E-state index contributed by atoms with van der Waals surface area (Å²) in [6.45, 7) is 2.63. The first kappa shape index (κ1) is 9.89. The standard InChI is InChI=1S/C8H13NOS2/c1-7(5-9)6-12(10)8-3-2-4-11-8/h2-4,7H,5-6,9H2,1H3. The van der Waals surface area contributed by atoms with Crippen molar-refractivity contribution in [1.29, 1.82) is 0 Å². The van der Waals surface area contributed by atoms with Crippen LogP contribution in [0.4, 0.5) is 0 Å². The van der Waals surface area contributed by atoms with Gasteiger partial charge in [-0.15, -0.1) is 11.3 Å². The molecule has 0 fully saturated rings. The van der Waals surface area contributed by atoms with Gasteiger partial charge in [-0.05, 0) is 23.9 Å². The molecule has 0 spiro atoms. The van der Waals surface area contributed by atoms with E-state index in [9.17, 15) is 4.21 Å². The maximum atomic E-state index is 11.5. The van der Waals surface area contributed by atoms with Crippen molar-refractivity contribution in [2.45, 2.75) is 11.1 Å². The van der Waals surface area contributed by atoms with E-state index in [1.165, 1.54) is 0 Å². The third-order valence-electron chi connectivity index (χ3n) is 1.56. The van der Waals surface area contributed by atoms with E-state index in [-0.39, 0.29) is 0 Å². The van der Waals surface area contributed by atoms with Crippen molar-refractivity contribution in [3.8, 4) is 0 Å². The zero-order valence-corrected chi connectivity index (χ0v) is 8.66. The van der Waals surface area contributed by atoms with Gasteiger partial charge in [0.05, 0.1) is 15.0 Å². The topological polar surface area (TPSA) is 43.1 Å². The van der Waals surface area contributed by atoms with E-state index in [1.807, 2.05) is 24.4 Å². The summed E-state index contributed by atoms with van der Waals surface area (Å²) in [5, 5.41) is 1.94. The van der Waals surface area contributed by atoms with Crippen molar-refractivity contribution < 1.29 is 4.21 Å². The molecule has 0 aliphatic carbocycles. The first-order valence-corrected chi connectivity index (χ1v) is 6.06. The maximum Gasteiger partial charge on any atom is 0.0910 e. The van der Waals surface area contributed by atoms with Gasteiger partial charge in [-0.25, -0.2) is 0 Å². The molecule has 12 heavy (non-hydrogen) atoms. The summed E-state index contributed by atoms with van der Waals surface area (Å²) >= 11 is 1.54. The molecule has 68 valence electrons. The summed E-state index contributed by atoms with van der Waals surface area (Å²) < 4.78 is 12.5. The molecule has 1 heterocycles. The van der Waals surface area contributed by atoms with Gasteiger partial charge in [0.1, 0.15) is 0 Å². The molecule has 0 bridgehead atoms. The Bertz CT molecular complexity index is 246. The zero-order chi connectivity index (χ0) is 8.97. The highest BCUT2D eigenvalue weighted by Crippen LogP contribution is 2.15. The Balaban J connectivity index is 2.50. The molecule has 0 aromatic carbocycles. The minimum Gasteiger partial charge on any atom is -0.330 e. The molecular weight excluding hydrogens is 190 g/mol. The van der Waals surface area contributed by atoms with Gasteiger partial charge in [0.2, 0.25) is 0 Å². The van der Waals surface area contributed by atoms with Crippen LogP contribution in [0.2, 0.25) is 0 Å². The molecule has 0 saturated heterocycles.